The summed E-state index contributed by atoms with van der Waals surface area (Å²) in [7, 11) is 4.35. The Balaban J connectivity index is 2.41. The highest BCUT2D eigenvalue weighted by Gasteiger charge is 2.30. The molecule has 0 saturated carbocycles. The summed E-state index contributed by atoms with van der Waals surface area (Å²) in [5, 5.41) is 0. The normalized spacial score (nSPS) is 22.0. The molecule has 0 bridgehead atoms. The van der Waals surface area contributed by atoms with Gasteiger partial charge in [-0.3, -0.25) is 0 Å². The van der Waals surface area contributed by atoms with E-state index in [4.69, 9.17) is 11.8 Å². The van der Waals surface area contributed by atoms with Crippen LogP contribution in [0.5, 0.6) is 0 Å². The van der Waals surface area contributed by atoms with Gasteiger partial charge in [0.15, 0.2) is 0 Å². The minimum absolute atomic E-state index is 0.111. The van der Waals surface area contributed by atoms with E-state index in [0.717, 1.165) is 0 Å². The van der Waals surface area contributed by atoms with Gasteiger partial charge in [0.25, 0.3) is 0 Å². The molecule has 1 fully saturated rings. The minimum atomic E-state index is 0.111. The Morgan fingerprint density at radius 3 is 2.20 bits per heavy atom. The summed E-state index contributed by atoms with van der Waals surface area (Å²) in [4.78, 5) is 0. The third-order valence-electron chi connectivity index (χ3n) is 3.99. The topological polar surface area (TPSA) is 3.24 Å². The summed E-state index contributed by atoms with van der Waals surface area (Å²) in [6, 6.07) is 0. The Morgan fingerprint density at radius 1 is 1.20 bits per heavy atom. The molecule has 3 heteroatoms. The molecule has 0 amide bonds. The van der Waals surface area contributed by atoms with Gasteiger partial charge in [-0.25, -0.2) is 4.42 Å². The number of quaternary nitrogens is 1. The van der Waals surface area contributed by atoms with Gasteiger partial charge in [0.05, 0.1) is 26.7 Å². The first-order chi connectivity index (χ1) is 6.86. The second kappa shape index (κ2) is 5.03. The van der Waals surface area contributed by atoms with Crippen LogP contribution in [0.25, 0.3) is 0 Å². The molecule has 0 spiro atoms. The maximum Gasteiger partial charge on any atom is 0.0802 e. The van der Waals surface area contributed by atoms with Crippen molar-refractivity contribution in [3.05, 3.63) is 0 Å². The van der Waals surface area contributed by atoms with Gasteiger partial charge < -0.3 is 4.48 Å². The van der Waals surface area contributed by atoms with Crippen LogP contribution in [0.4, 0.5) is 0 Å². The van der Waals surface area contributed by atoms with Gasteiger partial charge in [-0.15, -0.1) is 0 Å². The van der Waals surface area contributed by atoms with Gasteiger partial charge in [0.2, 0.25) is 0 Å². The Kier molecular flexibility index (Phi) is 4.45. The van der Waals surface area contributed by atoms with E-state index < -0.39 is 0 Å². The first-order valence-electron chi connectivity index (χ1n) is 6.09. The lowest BCUT2D eigenvalue weighted by Gasteiger charge is -2.41. The average molecular weight is 234 g/mol. The number of piperidine rings is 1. The lowest BCUT2D eigenvalue weighted by atomic mass is 9.98. The van der Waals surface area contributed by atoms with E-state index in [2.05, 4.69) is 20.9 Å². The summed E-state index contributed by atoms with van der Waals surface area (Å²) in [6.45, 7) is 8.39. The molecular formula is C12H26ClN2+. The van der Waals surface area contributed by atoms with Crippen molar-refractivity contribution in [3.8, 4) is 0 Å². The fourth-order valence-corrected chi connectivity index (χ4v) is 2.28. The number of hydrogen-bond acceptors (Lipinski definition) is 1. The summed E-state index contributed by atoms with van der Waals surface area (Å²) in [6.07, 6.45) is 5.39. The highest BCUT2D eigenvalue weighted by atomic mass is 35.5. The van der Waals surface area contributed by atoms with Crippen LogP contribution in [0.2, 0.25) is 0 Å². The quantitative estimate of drug-likeness (QED) is 0.533. The molecule has 1 rings (SSSR count). The molecule has 0 radical (unpaired) electrons. The molecule has 0 aromatic rings. The van der Waals surface area contributed by atoms with Crippen LogP contribution in [0.15, 0.2) is 0 Å². The Morgan fingerprint density at radius 2 is 1.73 bits per heavy atom. The van der Waals surface area contributed by atoms with Gasteiger partial charge >= 0.3 is 0 Å². The number of nitrogens with zero attached hydrogens (tertiary/aromatic N) is 2. The van der Waals surface area contributed by atoms with E-state index in [0.29, 0.717) is 0 Å². The van der Waals surface area contributed by atoms with Gasteiger partial charge in [0.1, 0.15) is 0 Å². The lowest BCUT2D eigenvalue weighted by molar-refractivity contribution is -0.914. The number of rotatable bonds is 4. The number of hydrogen-bond donors (Lipinski definition) is 0. The Labute approximate surface area is 99.9 Å². The van der Waals surface area contributed by atoms with E-state index >= 15 is 0 Å². The van der Waals surface area contributed by atoms with E-state index in [-0.39, 0.29) is 5.54 Å². The van der Waals surface area contributed by atoms with Crippen LogP contribution in [0, 0.1) is 0 Å². The van der Waals surface area contributed by atoms with Crippen molar-refractivity contribution in [1.82, 2.24) is 4.42 Å². The van der Waals surface area contributed by atoms with Gasteiger partial charge in [-0.2, -0.15) is 0 Å². The molecule has 90 valence electrons. The Bertz CT molecular complexity index is 196. The van der Waals surface area contributed by atoms with Crippen molar-refractivity contribution in [1.29, 1.82) is 0 Å². The second-order valence-electron chi connectivity index (χ2n) is 5.89. The maximum absolute atomic E-state index is 6.06. The van der Waals surface area contributed by atoms with Crippen LogP contribution in [0.3, 0.4) is 0 Å². The Hall–Kier alpha value is 0.210. The largest absolute Gasteiger partial charge is 0.326 e. The van der Waals surface area contributed by atoms with Gasteiger partial charge in [-0.05, 0) is 44.9 Å². The fourth-order valence-electron chi connectivity index (χ4n) is 2.20. The monoisotopic (exact) mass is 233 g/mol. The van der Waals surface area contributed by atoms with Crippen LogP contribution < -0.4 is 0 Å². The zero-order valence-electron chi connectivity index (χ0n) is 10.7. The number of halogens is 1. The molecule has 1 heterocycles. The fraction of sp³-hybridized carbons (Fsp3) is 1.00. The van der Waals surface area contributed by atoms with Gasteiger partial charge in [0, 0.05) is 19.0 Å². The molecular weight excluding hydrogens is 208 g/mol. The third-order valence-corrected chi connectivity index (χ3v) is 4.45. The SMILES string of the molecule is CN(Cl)C(C)(C)CC[N+]1(C)CCCCC1. The van der Waals surface area contributed by atoms with E-state index in [1.807, 2.05) is 11.5 Å². The van der Waals surface area contributed by atoms with Gasteiger partial charge in [-0.1, -0.05) is 0 Å². The van der Waals surface area contributed by atoms with Crippen molar-refractivity contribution >= 4 is 11.8 Å². The van der Waals surface area contributed by atoms with Crippen LogP contribution in [-0.2, 0) is 0 Å². The highest BCUT2D eigenvalue weighted by molar-refractivity contribution is 6.13. The number of likely N-dealkylation sites (tertiary alicyclic amines) is 1. The summed E-state index contributed by atoms with van der Waals surface area (Å²) >= 11 is 6.06. The van der Waals surface area contributed by atoms with E-state index in [9.17, 15) is 0 Å². The predicted molar refractivity (Wildman–Crippen MR) is 66.9 cm³/mol. The molecule has 1 saturated heterocycles. The molecule has 0 N–H and O–H groups in total. The van der Waals surface area contributed by atoms with Crippen molar-refractivity contribution < 1.29 is 4.48 Å². The van der Waals surface area contributed by atoms with Crippen LogP contribution in [0.1, 0.15) is 39.5 Å². The van der Waals surface area contributed by atoms with Crippen LogP contribution >= 0.6 is 11.8 Å². The lowest BCUT2D eigenvalue weighted by Crippen LogP contribution is -2.51. The third kappa shape index (κ3) is 3.93. The smallest absolute Gasteiger partial charge is 0.0802 e. The highest BCUT2D eigenvalue weighted by Crippen LogP contribution is 2.23. The van der Waals surface area contributed by atoms with Crippen molar-refractivity contribution in [2.24, 2.45) is 0 Å². The summed E-state index contributed by atoms with van der Waals surface area (Å²) in [5.74, 6) is 0. The first kappa shape index (κ1) is 13.3. The van der Waals surface area contributed by atoms with Crippen LogP contribution in [-0.4, -0.2) is 48.2 Å². The summed E-state index contributed by atoms with van der Waals surface area (Å²) < 4.78 is 3.07. The summed E-state index contributed by atoms with van der Waals surface area (Å²) in [5.41, 5.74) is 0.111. The second-order valence-corrected chi connectivity index (χ2v) is 6.40. The molecule has 0 aliphatic carbocycles. The average Bonchev–Trinajstić information content (AvgIpc) is 2.16. The molecule has 0 unspecified atom stereocenters. The zero-order chi connectivity index (χ0) is 11.5. The maximum atomic E-state index is 6.06. The predicted octanol–water partition coefficient (Wildman–Crippen LogP) is 2.87. The molecule has 1 aliphatic rings. The molecule has 0 aromatic carbocycles. The minimum Gasteiger partial charge on any atom is -0.326 e. The first-order valence-corrected chi connectivity index (χ1v) is 6.43. The molecule has 2 nitrogen and oxygen atoms in total. The molecule has 1 aliphatic heterocycles. The standard InChI is InChI=1S/C12H26ClN2/c1-12(2,14(3)13)8-11-15(4)9-6-5-7-10-15/h5-11H2,1-4H3/q+1. The molecule has 0 aromatic heterocycles. The van der Waals surface area contributed by atoms with Crippen molar-refractivity contribution in [2.45, 2.75) is 45.1 Å². The zero-order valence-corrected chi connectivity index (χ0v) is 11.5. The van der Waals surface area contributed by atoms with E-state index in [1.165, 1.54) is 49.8 Å². The molecule has 15 heavy (non-hydrogen) atoms. The molecule has 0 atom stereocenters. The van der Waals surface area contributed by atoms with Crippen molar-refractivity contribution in [3.63, 3.8) is 0 Å². The van der Waals surface area contributed by atoms with E-state index in [1.54, 1.807) is 0 Å². The van der Waals surface area contributed by atoms with Crippen molar-refractivity contribution in [2.75, 3.05) is 33.7 Å².